The summed E-state index contributed by atoms with van der Waals surface area (Å²) in [6.45, 7) is 11.1. The van der Waals surface area contributed by atoms with Crippen LogP contribution in [0.3, 0.4) is 0 Å². The van der Waals surface area contributed by atoms with Crippen molar-refractivity contribution in [2.75, 3.05) is 6.61 Å². The van der Waals surface area contributed by atoms with Gasteiger partial charge in [0.05, 0.1) is 11.0 Å². The second-order valence-corrected chi connectivity index (χ2v) is 15.9. The van der Waals surface area contributed by atoms with Crippen molar-refractivity contribution in [3.8, 4) is 5.75 Å². The largest absolute Gasteiger partial charge is 0.487 e. The molecule has 6 nitrogen and oxygen atoms in total. The van der Waals surface area contributed by atoms with E-state index < -0.39 is 31.0 Å². The normalized spacial score (nSPS) is 13.5. The van der Waals surface area contributed by atoms with E-state index in [-0.39, 0.29) is 11.5 Å². The molecule has 0 aliphatic rings. The smallest absolute Gasteiger partial charge is 0.340 e. The fourth-order valence-electron chi connectivity index (χ4n) is 8.73. The lowest BCUT2D eigenvalue weighted by atomic mass is 9.88. The van der Waals surface area contributed by atoms with E-state index in [4.69, 9.17) is 9.57 Å². The third-order valence-corrected chi connectivity index (χ3v) is 11.6. The van der Waals surface area contributed by atoms with E-state index in [0.29, 0.717) is 17.0 Å². The number of nitrogens with zero attached hydrogens (tertiary/aromatic N) is 2. The van der Waals surface area contributed by atoms with Crippen molar-refractivity contribution in [3.63, 3.8) is 0 Å². The lowest BCUT2D eigenvalue weighted by Crippen LogP contribution is -2.33. The predicted octanol–water partition coefficient (Wildman–Crippen LogP) is 12.9. The minimum Gasteiger partial charge on any atom is -0.487 e. The summed E-state index contributed by atoms with van der Waals surface area (Å²) in [5.41, 5.74) is 8.24. The van der Waals surface area contributed by atoms with E-state index in [1.54, 1.807) is 12.1 Å². The molecule has 7 aromatic rings. The molecule has 7 rings (SSSR count). The van der Waals surface area contributed by atoms with E-state index >= 15 is 0 Å². The van der Waals surface area contributed by atoms with E-state index in [1.807, 2.05) is 50.2 Å². The van der Waals surface area contributed by atoms with Crippen LogP contribution >= 0.6 is 0 Å². The first-order valence-corrected chi connectivity index (χ1v) is 20.5. The molecule has 6 aromatic carbocycles. The Morgan fingerprint density at radius 1 is 0.800 bits per heavy atom. The summed E-state index contributed by atoms with van der Waals surface area (Å²) in [6.07, 6.45) is -0.515. The summed E-state index contributed by atoms with van der Waals surface area (Å²) < 4.78 is 60.6. The Morgan fingerprint density at radius 2 is 1.38 bits per heavy atom. The summed E-state index contributed by atoms with van der Waals surface area (Å²) in [7, 11) is 0. The number of carbonyl (C=O) groups is 1. The maximum atomic E-state index is 13.7. The lowest BCUT2D eigenvalue weighted by Gasteiger charge is -2.21. The highest BCUT2D eigenvalue weighted by Crippen LogP contribution is 2.44. The van der Waals surface area contributed by atoms with Gasteiger partial charge in [-0.1, -0.05) is 104 Å². The zero-order valence-corrected chi connectivity index (χ0v) is 34.8. The molecule has 312 valence electrons. The molecule has 0 aliphatic heterocycles. The number of alkyl halides is 4. The average Bonchev–Trinajstić information content (AvgIpc) is 3.54. The number of benzene rings is 6. The maximum absolute atomic E-state index is 13.7. The number of hydrogen-bond donors (Lipinski definition) is 1. The van der Waals surface area contributed by atoms with Crippen LogP contribution in [0.5, 0.6) is 5.75 Å². The van der Waals surface area contributed by atoms with Crippen LogP contribution in [0, 0.1) is 26.7 Å². The molecule has 60 heavy (non-hydrogen) atoms. The van der Waals surface area contributed by atoms with E-state index in [9.17, 15) is 27.5 Å². The Kier molecular flexibility index (Phi) is 12.3. The summed E-state index contributed by atoms with van der Waals surface area (Å²) in [5.74, 6) is -4.61. The van der Waals surface area contributed by atoms with Crippen molar-refractivity contribution in [3.05, 3.63) is 136 Å². The second kappa shape index (κ2) is 17.5. The van der Waals surface area contributed by atoms with Gasteiger partial charge in [-0.3, -0.25) is 0 Å². The summed E-state index contributed by atoms with van der Waals surface area (Å²) in [4.78, 5) is 17.6. The maximum Gasteiger partial charge on any atom is 0.340 e. The number of rotatable bonds is 15. The number of oxime groups is 1. The van der Waals surface area contributed by atoms with Crippen molar-refractivity contribution in [1.29, 1.82) is 0 Å². The molecular formula is C50H50F4N2O4. The summed E-state index contributed by atoms with van der Waals surface area (Å²) in [5, 5.41) is 22.4. The van der Waals surface area contributed by atoms with Crippen LogP contribution in [0.1, 0.15) is 91.5 Å². The highest BCUT2D eigenvalue weighted by atomic mass is 19.3. The van der Waals surface area contributed by atoms with Gasteiger partial charge in [0.2, 0.25) is 0 Å². The van der Waals surface area contributed by atoms with Crippen molar-refractivity contribution < 1.29 is 37.0 Å². The van der Waals surface area contributed by atoms with Gasteiger partial charge in [-0.15, -0.1) is 0 Å². The highest BCUT2D eigenvalue weighted by Gasteiger charge is 2.41. The molecule has 2 unspecified atom stereocenters. The summed E-state index contributed by atoms with van der Waals surface area (Å²) in [6, 6.07) is 30.5. The minimum atomic E-state index is -4.32. The van der Waals surface area contributed by atoms with Gasteiger partial charge in [0, 0.05) is 46.1 Å². The predicted molar refractivity (Wildman–Crippen MR) is 233 cm³/mol. The van der Waals surface area contributed by atoms with Crippen LogP contribution in [0.2, 0.25) is 0 Å². The number of carbonyl (C=O) groups excluding carboxylic acids is 1. The van der Waals surface area contributed by atoms with Crippen LogP contribution in [-0.4, -0.2) is 40.3 Å². The Morgan fingerprint density at radius 3 is 1.97 bits per heavy atom. The Bertz CT molecular complexity index is 2720. The van der Waals surface area contributed by atoms with E-state index in [0.717, 1.165) is 103 Å². The van der Waals surface area contributed by atoms with Crippen LogP contribution in [0.15, 0.2) is 102 Å². The Labute approximate surface area is 347 Å². The molecule has 2 atom stereocenters. The first-order chi connectivity index (χ1) is 28.7. The van der Waals surface area contributed by atoms with Crippen molar-refractivity contribution in [2.24, 2.45) is 11.1 Å². The number of aliphatic hydroxyl groups excluding tert-OH is 1. The van der Waals surface area contributed by atoms with Crippen LogP contribution in [0.25, 0.3) is 43.4 Å². The van der Waals surface area contributed by atoms with Gasteiger partial charge in [-0.2, -0.15) is 8.78 Å². The number of hydrogen-bond acceptors (Lipinski definition) is 5. The molecule has 0 radical (unpaired) electrons. The molecule has 0 saturated carbocycles. The second-order valence-electron chi connectivity index (χ2n) is 15.9. The van der Waals surface area contributed by atoms with E-state index in [1.165, 1.54) is 19.1 Å². The van der Waals surface area contributed by atoms with Crippen molar-refractivity contribution in [1.82, 2.24) is 4.57 Å². The monoisotopic (exact) mass is 818 g/mol. The van der Waals surface area contributed by atoms with Gasteiger partial charge in [-0.25, -0.2) is 13.6 Å². The van der Waals surface area contributed by atoms with Gasteiger partial charge in [-0.05, 0) is 103 Å². The molecule has 1 heterocycles. The lowest BCUT2D eigenvalue weighted by molar-refractivity contribution is -0.148. The fourth-order valence-corrected chi connectivity index (χ4v) is 8.73. The number of halogens is 4. The highest BCUT2D eigenvalue weighted by molar-refractivity contribution is 6.29. The summed E-state index contributed by atoms with van der Waals surface area (Å²) >= 11 is 0. The van der Waals surface area contributed by atoms with Crippen molar-refractivity contribution in [2.45, 2.75) is 92.2 Å². The molecule has 0 bridgehead atoms. The number of aromatic nitrogens is 1. The SMILES string of the molecule is CCCCC(CC)Cn1c2c3ccccc3c(/C(=N\OC(C)=O)c3ccc(OCC(F)(F)C(F)F)cc3)cc2c2cc(C(O)c3c(C)cc(C)cc3C)c3ccccc3c21. The Balaban J connectivity index is 1.53. The standard InChI is InChI=1S/C50H50F4N2O4/c1-7-9-14-33(8-2)27-56-46-38-17-12-10-15-36(38)40(45(55-60-32(6)57)34-19-21-35(22-20-34)59-28-50(53,54)49(51)52)25-41(46)42-26-43(37-16-11-13-18-39(37)47(42)56)48(58)44-30(4)23-29(3)24-31(44)5/h10-13,15-26,33,48-49,58H,7-9,14,27-28H2,1-6H3/b55-45-. The van der Waals surface area contributed by atoms with Gasteiger partial charge in [0.1, 0.15) is 17.6 Å². The third kappa shape index (κ3) is 8.22. The van der Waals surface area contributed by atoms with Crippen LogP contribution in [0.4, 0.5) is 17.6 Å². The first kappa shape index (κ1) is 42.4. The number of unbranched alkanes of at least 4 members (excludes halogenated alkanes) is 1. The fraction of sp³-hybridized carbons (Fsp3) is 0.320. The zero-order chi connectivity index (χ0) is 42.9. The number of ether oxygens (including phenoxy) is 1. The molecule has 10 heteroatoms. The minimum absolute atomic E-state index is 0.0418. The van der Waals surface area contributed by atoms with Gasteiger partial charge in [0.15, 0.2) is 6.61 Å². The van der Waals surface area contributed by atoms with E-state index in [2.05, 4.69) is 66.9 Å². The molecule has 1 aromatic heterocycles. The Hall–Kier alpha value is -5.74. The quantitative estimate of drug-likeness (QED) is 0.0484. The number of fused-ring (bicyclic) bond motifs is 7. The molecule has 1 N–H and O–H groups in total. The average molecular weight is 819 g/mol. The zero-order valence-electron chi connectivity index (χ0n) is 34.8. The van der Waals surface area contributed by atoms with Crippen molar-refractivity contribution >= 4 is 55.0 Å². The molecule has 0 amide bonds. The number of aryl methyl sites for hydroxylation is 3. The molecule has 0 aliphatic carbocycles. The first-order valence-electron chi connectivity index (χ1n) is 20.5. The number of aliphatic hydroxyl groups is 1. The topological polar surface area (TPSA) is 73.1 Å². The van der Waals surface area contributed by atoms with Gasteiger partial charge in [0.25, 0.3) is 0 Å². The van der Waals surface area contributed by atoms with Crippen LogP contribution < -0.4 is 4.74 Å². The van der Waals surface area contributed by atoms with Gasteiger partial charge >= 0.3 is 18.3 Å². The van der Waals surface area contributed by atoms with Gasteiger partial charge < -0.3 is 19.2 Å². The molecule has 0 spiro atoms. The molecule has 0 saturated heterocycles. The van der Waals surface area contributed by atoms with Crippen LogP contribution in [-0.2, 0) is 16.2 Å². The molecule has 0 fully saturated rings. The molecular weight excluding hydrogens is 769 g/mol. The third-order valence-electron chi connectivity index (χ3n) is 11.6.